The lowest BCUT2D eigenvalue weighted by Crippen LogP contribution is -2.27. The van der Waals surface area contributed by atoms with Crippen LogP contribution in [0.1, 0.15) is 49.2 Å². The van der Waals surface area contributed by atoms with Crippen molar-refractivity contribution < 1.29 is 14.3 Å². The number of amides is 1. The van der Waals surface area contributed by atoms with Crippen molar-refractivity contribution >= 4 is 23.5 Å². The van der Waals surface area contributed by atoms with Crippen LogP contribution in [0.25, 0.3) is 5.69 Å². The molecule has 25 heavy (non-hydrogen) atoms. The molecule has 1 N–H and O–H groups in total. The van der Waals surface area contributed by atoms with E-state index in [1.54, 1.807) is 29.9 Å². The van der Waals surface area contributed by atoms with Crippen LogP contribution in [0.4, 0.5) is 0 Å². The zero-order chi connectivity index (χ0) is 18.4. The van der Waals surface area contributed by atoms with Crippen LogP contribution in [-0.4, -0.2) is 34.8 Å². The summed E-state index contributed by atoms with van der Waals surface area (Å²) >= 11 is 5.93. The number of halogens is 1. The minimum Gasteiger partial charge on any atom is -0.466 e. The molecule has 1 amide bonds. The number of rotatable bonds is 7. The summed E-state index contributed by atoms with van der Waals surface area (Å²) in [6.45, 7) is 6.30. The molecule has 7 heteroatoms. The molecule has 0 spiro atoms. The Kier molecular flexibility index (Phi) is 6.58. The van der Waals surface area contributed by atoms with Gasteiger partial charge in [-0.05, 0) is 37.1 Å². The zero-order valence-corrected chi connectivity index (χ0v) is 15.3. The largest absolute Gasteiger partial charge is 0.466 e. The van der Waals surface area contributed by atoms with Gasteiger partial charge in [-0.1, -0.05) is 25.4 Å². The molecule has 6 nitrogen and oxygen atoms in total. The van der Waals surface area contributed by atoms with Crippen molar-refractivity contribution in [2.24, 2.45) is 0 Å². The third kappa shape index (κ3) is 4.82. The van der Waals surface area contributed by atoms with Gasteiger partial charge in [-0.15, -0.1) is 0 Å². The number of nitrogens with one attached hydrogen (secondary N) is 1. The van der Waals surface area contributed by atoms with Crippen LogP contribution in [0, 0.1) is 0 Å². The Morgan fingerprint density at radius 3 is 2.56 bits per heavy atom. The first kappa shape index (κ1) is 19.0. The van der Waals surface area contributed by atoms with E-state index < -0.39 is 0 Å². The molecule has 0 aliphatic rings. The van der Waals surface area contributed by atoms with Gasteiger partial charge in [0.25, 0.3) is 5.91 Å². The maximum Gasteiger partial charge on any atom is 0.307 e. The Labute approximate surface area is 152 Å². The number of carbonyl (C=O) groups excluding carboxylic acids is 2. The average Bonchev–Trinajstić information content (AvgIpc) is 3.01. The van der Waals surface area contributed by atoms with Crippen molar-refractivity contribution in [1.29, 1.82) is 0 Å². The van der Waals surface area contributed by atoms with Gasteiger partial charge < -0.3 is 10.1 Å². The third-order valence-corrected chi connectivity index (χ3v) is 3.84. The molecule has 0 atom stereocenters. The van der Waals surface area contributed by atoms with E-state index in [0.717, 1.165) is 11.4 Å². The highest BCUT2D eigenvalue weighted by atomic mass is 35.5. The molecule has 1 heterocycles. The third-order valence-electron chi connectivity index (χ3n) is 3.59. The molecule has 0 aliphatic heterocycles. The second kappa shape index (κ2) is 8.67. The predicted octanol–water partition coefficient (Wildman–Crippen LogP) is 3.33. The second-order valence-corrected chi connectivity index (χ2v) is 6.23. The van der Waals surface area contributed by atoms with Crippen molar-refractivity contribution in [3.05, 3.63) is 46.7 Å². The van der Waals surface area contributed by atoms with Gasteiger partial charge in [0.2, 0.25) is 0 Å². The quantitative estimate of drug-likeness (QED) is 0.766. The van der Waals surface area contributed by atoms with E-state index in [2.05, 4.69) is 10.4 Å². The van der Waals surface area contributed by atoms with Crippen LogP contribution in [-0.2, 0) is 9.53 Å². The molecule has 0 fully saturated rings. The number of hydrogen-bond acceptors (Lipinski definition) is 4. The van der Waals surface area contributed by atoms with Crippen molar-refractivity contribution in [1.82, 2.24) is 15.1 Å². The fourth-order valence-corrected chi connectivity index (χ4v) is 2.61. The monoisotopic (exact) mass is 363 g/mol. The minimum atomic E-state index is -0.330. The van der Waals surface area contributed by atoms with Crippen LogP contribution in [0.15, 0.2) is 30.5 Å². The summed E-state index contributed by atoms with van der Waals surface area (Å²) in [6.07, 6.45) is 1.69. The topological polar surface area (TPSA) is 73.2 Å². The summed E-state index contributed by atoms with van der Waals surface area (Å²) in [6, 6.07) is 7.26. The zero-order valence-electron chi connectivity index (χ0n) is 14.6. The van der Waals surface area contributed by atoms with E-state index in [4.69, 9.17) is 16.3 Å². The standard InChI is InChI=1S/C18H22ClN3O3/c1-4-25-16(23)9-10-20-18(24)15-11-21-22(17(15)12(2)3)14-7-5-13(19)6-8-14/h5-8,11-12H,4,9-10H2,1-3H3,(H,20,24). The van der Waals surface area contributed by atoms with Crippen LogP contribution < -0.4 is 5.32 Å². The highest BCUT2D eigenvalue weighted by Gasteiger charge is 2.20. The van der Waals surface area contributed by atoms with E-state index in [0.29, 0.717) is 17.2 Å². The van der Waals surface area contributed by atoms with Gasteiger partial charge in [-0.25, -0.2) is 4.68 Å². The summed E-state index contributed by atoms with van der Waals surface area (Å²) in [5, 5.41) is 7.73. The van der Waals surface area contributed by atoms with Gasteiger partial charge in [-0.3, -0.25) is 9.59 Å². The Hall–Kier alpha value is -2.34. The molecule has 1 aromatic heterocycles. The number of benzene rings is 1. The van der Waals surface area contributed by atoms with Gasteiger partial charge >= 0.3 is 5.97 Å². The molecule has 1 aromatic carbocycles. The number of nitrogens with zero attached hydrogens (tertiary/aromatic N) is 2. The molecule has 0 radical (unpaired) electrons. The average molecular weight is 364 g/mol. The number of aromatic nitrogens is 2. The Morgan fingerprint density at radius 1 is 1.28 bits per heavy atom. The van der Waals surface area contributed by atoms with Gasteiger partial charge in [0.05, 0.1) is 36.2 Å². The van der Waals surface area contributed by atoms with E-state index in [9.17, 15) is 9.59 Å². The molecular weight excluding hydrogens is 342 g/mol. The lowest BCUT2D eigenvalue weighted by Gasteiger charge is -2.13. The fraction of sp³-hybridized carbons (Fsp3) is 0.389. The maximum absolute atomic E-state index is 12.5. The normalized spacial score (nSPS) is 10.8. The molecule has 0 saturated carbocycles. The van der Waals surface area contributed by atoms with E-state index in [1.807, 2.05) is 26.0 Å². The second-order valence-electron chi connectivity index (χ2n) is 5.80. The van der Waals surface area contributed by atoms with Crippen LogP contribution in [0.2, 0.25) is 5.02 Å². The SMILES string of the molecule is CCOC(=O)CCNC(=O)c1cnn(-c2ccc(Cl)cc2)c1C(C)C. The lowest BCUT2D eigenvalue weighted by atomic mass is 10.0. The first-order chi connectivity index (χ1) is 11.9. The first-order valence-corrected chi connectivity index (χ1v) is 8.59. The first-order valence-electron chi connectivity index (χ1n) is 8.21. The molecular formula is C18H22ClN3O3. The molecule has 0 unspecified atom stereocenters. The summed E-state index contributed by atoms with van der Waals surface area (Å²) in [5.41, 5.74) is 2.13. The summed E-state index contributed by atoms with van der Waals surface area (Å²) in [5.74, 6) is -0.499. The molecule has 2 aromatic rings. The van der Waals surface area contributed by atoms with Crippen molar-refractivity contribution in [2.45, 2.75) is 33.1 Å². The van der Waals surface area contributed by atoms with Gasteiger partial charge in [0.1, 0.15) is 0 Å². The lowest BCUT2D eigenvalue weighted by molar-refractivity contribution is -0.142. The van der Waals surface area contributed by atoms with E-state index in [1.165, 1.54) is 0 Å². The molecule has 134 valence electrons. The molecule has 0 aliphatic carbocycles. The number of hydrogen-bond donors (Lipinski definition) is 1. The van der Waals surface area contributed by atoms with Gasteiger partial charge in [-0.2, -0.15) is 5.10 Å². The van der Waals surface area contributed by atoms with Crippen LogP contribution in [0.3, 0.4) is 0 Å². The van der Waals surface area contributed by atoms with Gasteiger partial charge in [0, 0.05) is 11.6 Å². The van der Waals surface area contributed by atoms with Crippen molar-refractivity contribution in [2.75, 3.05) is 13.2 Å². The number of ether oxygens (including phenoxy) is 1. The van der Waals surface area contributed by atoms with Crippen LogP contribution in [0.5, 0.6) is 0 Å². The molecule has 2 rings (SSSR count). The fourth-order valence-electron chi connectivity index (χ4n) is 2.48. The van der Waals surface area contributed by atoms with Crippen molar-refractivity contribution in [3.8, 4) is 5.69 Å². The summed E-state index contributed by atoms with van der Waals surface area (Å²) in [4.78, 5) is 23.8. The predicted molar refractivity (Wildman–Crippen MR) is 96.2 cm³/mol. The Balaban J connectivity index is 2.17. The Morgan fingerprint density at radius 2 is 1.96 bits per heavy atom. The minimum absolute atomic E-state index is 0.0870. The number of carbonyl (C=O) groups is 2. The van der Waals surface area contributed by atoms with E-state index in [-0.39, 0.29) is 30.8 Å². The van der Waals surface area contributed by atoms with Crippen LogP contribution >= 0.6 is 11.6 Å². The summed E-state index contributed by atoms with van der Waals surface area (Å²) in [7, 11) is 0. The van der Waals surface area contributed by atoms with Crippen molar-refractivity contribution in [3.63, 3.8) is 0 Å². The highest BCUT2D eigenvalue weighted by molar-refractivity contribution is 6.30. The number of esters is 1. The summed E-state index contributed by atoms with van der Waals surface area (Å²) < 4.78 is 6.58. The maximum atomic E-state index is 12.5. The van der Waals surface area contributed by atoms with Gasteiger partial charge in [0.15, 0.2) is 0 Å². The molecule has 0 saturated heterocycles. The smallest absolute Gasteiger partial charge is 0.307 e. The Bertz CT molecular complexity index is 739. The van der Waals surface area contributed by atoms with E-state index >= 15 is 0 Å². The molecule has 0 bridgehead atoms. The highest BCUT2D eigenvalue weighted by Crippen LogP contribution is 2.24.